The molecule has 0 aromatic heterocycles. The fourth-order valence-electron chi connectivity index (χ4n) is 2.67. The van der Waals surface area contributed by atoms with Crippen molar-refractivity contribution >= 4 is 23.7 Å². The number of aliphatic hydroxyl groups excluding tert-OH is 1. The summed E-state index contributed by atoms with van der Waals surface area (Å²) in [7, 11) is 0. The molecule has 0 fully saturated rings. The lowest BCUT2D eigenvalue weighted by molar-refractivity contribution is -0.142. The summed E-state index contributed by atoms with van der Waals surface area (Å²) in [6.45, 7) is 6.02. The molecule has 0 bridgehead atoms. The number of nitrogens with two attached hydrogens (primary N) is 1. The van der Waals surface area contributed by atoms with Crippen LogP contribution < -0.4 is 21.7 Å². The van der Waals surface area contributed by atoms with Crippen LogP contribution in [0, 0.1) is 5.92 Å². The maximum absolute atomic E-state index is 12.8. The smallest absolute Gasteiger partial charge is 0.325 e. The maximum Gasteiger partial charge on any atom is 0.325 e. The highest BCUT2D eigenvalue weighted by atomic mass is 16.4. The predicted molar refractivity (Wildman–Crippen MR) is 115 cm³/mol. The summed E-state index contributed by atoms with van der Waals surface area (Å²) in [5.74, 6) is -3.71. The van der Waals surface area contributed by atoms with E-state index >= 15 is 0 Å². The Kier molecular flexibility index (Phi) is 10.1. The minimum atomic E-state index is -1.39. The summed E-state index contributed by atoms with van der Waals surface area (Å²) < 4.78 is 0. The molecule has 11 heteroatoms. The highest BCUT2D eigenvalue weighted by molar-refractivity contribution is 5.94. The number of rotatable bonds is 11. The zero-order valence-electron chi connectivity index (χ0n) is 18.5. The molecule has 5 atom stereocenters. The number of aliphatic hydroxyl groups is 1. The van der Waals surface area contributed by atoms with Crippen LogP contribution in [0.5, 0.6) is 5.75 Å². The van der Waals surface area contributed by atoms with E-state index in [1.807, 2.05) is 0 Å². The Morgan fingerprint density at radius 2 is 1.47 bits per heavy atom. The molecule has 1 aromatic carbocycles. The number of carbonyl (C=O) groups is 4. The second kappa shape index (κ2) is 12.0. The van der Waals surface area contributed by atoms with Crippen molar-refractivity contribution in [1.29, 1.82) is 0 Å². The number of nitrogens with one attached hydrogen (secondary N) is 3. The van der Waals surface area contributed by atoms with Crippen molar-refractivity contribution in [2.75, 3.05) is 0 Å². The summed E-state index contributed by atoms with van der Waals surface area (Å²) >= 11 is 0. The van der Waals surface area contributed by atoms with E-state index in [9.17, 15) is 29.4 Å². The molecule has 8 N–H and O–H groups in total. The van der Waals surface area contributed by atoms with Crippen LogP contribution in [0.3, 0.4) is 0 Å². The summed E-state index contributed by atoms with van der Waals surface area (Å²) in [5, 5.41) is 35.6. The van der Waals surface area contributed by atoms with Crippen molar-refractivity contribution in [2.45, 2.75) is 64.4 Å². The molecule has 0 radical (unpaired) electrons. The maximum atomic E-state index is 12.8. The normalized spacial score (nSPS) is 15.7. The molecule has 5 unspecified atom stereocenters. The van der Waals surface area contributed by atoms with Crippen molar-refractivity contribution in [2.24, 2.45) is 11.7 Å². The van der Waals surface area contributed by atoms with Crippen molar-refractivity contribution in [1.82, 2.24) is 16.0 Å². The van der Waals surface area contributed by atoms with E-state index in [-0.39, 0.29) is 18.1 Å². The minimum absolute atomic E-state index is 0.0108. The van der Waals surface area contributed by atoms with Gasteiger partial charge in [0.05, 0.1) is 12.1 Å². The molecule has 11 nitrogen and oxygen atoms in total. The van der Waals surface area contributed by atoms with Crippen LogP contribution in [0.1, 0.15) is 33.3 Å². The average molecular weight is 453 g/mol. The van der Waals surface area contributed by atoms with Crippen LogP contribution in [0.4, 0.5) is 0 Å². The van der Waals surface area contributed by atoms with Crippen LogP contribution in [-0.2, 0) is 25.6 Å². The van der Waals surface area contributed by atoms with Crippen LogP contribution >= 0.6 is 0 Å². The average Bonchev–Trinajstić information content (AvgIpc) is 2.71. The molecule has 178 valence electrons. The Balaban J connectivity index is 3.06. The van der Waals surface area contributed by atoms with Crippen LogP contribution in [-0.4, -0.2) is 69.3 Å². The van der Waals surface area contributed by atoms with E-state index in [2.05, 4.69) is 16.0 Å². The number of carboxylic acid groups (broad SMARTS) is 1. The van der Waals surface area contributed by atoms with Crippen molar-refractivity contribution in [3.05, 3.63) is 29.8 Å². The third kappa shape index (κ3) is 8.16. The van der Waals surface area contributed by atoms with Gasteiger partial charge in [-0.05, 0) is 37.5 Å². The largest absolute Gasteiger partial charge is 0.508 e. The Morgan fingerprint density at radius 1 is 0.906 bits per heavy atom. The molecular formula is C21H32N4O7. The minimum Gasteiger partial charge on any atom is -0.508 e. The molecule has 0 aliphatic carbocycles. The molecule has 1 aromatic rings. The van der Waals surface area contributed by atoms with E-state index in [0.29, 0.717) is 5.56 Å². The Labute approximate surface area is 186 Å². The fourth-order valence-corrected chi connectivity index (χ4v) is 2.67. The molecule has 0 spiro atoms. The van der Waals surface area contributed by atoms with Crippen LogP contribution in [0.25, 0.3) is 0 Å². The van der Waals surface area contributed by atoms with Gasteiger partial charge >= 0.3 is 5.97 Å². The molecule has 0 saturated carbocycles. The third-order valence-corrected chi connectivity index (χ3v) is 4.82. The number of phenolic OH excluding ortho intramolecular Hbond substituents is 1. The molecular weight excluding hydrogens is 420 g/mol. The lowest BCUT2D eigenvalue weighted by Crippen LogP contribution is -2.60. The number of aliphatic carboxylic acids is 1. The summed E-state index contributed by atoms with van der Waals surface area (Å²) in [4.78, 5) is 48.9. The number of amides is 3. The van der Waals surface area contributed by atoms with E-state index in [1.54, 1.807) is 13.8 Å². The molecule has 0 heterocycles. The van der Waals surface area contributed by atoms with Gasteiger partial charge in [0.15, 0.2) is 0 Å². The number of phenols is 1. The number of carbonyl (C=O) groups excluding carboxylic acids is 3. The van der Waals surface area contributed by atoms with E-state index in [4.69, 9.17) is 10.8 Å². The molecule has 1 rings (SSSR count). The lowest BCUT2D eigenvalue weighted by atomic mass is 10.0. The van der Waals surface area contributed by atoms with Crippen molar-refractivity contribution in [3.63, 3.8) is 0 Å². The second-order valence-corrected chi connectivity index (χ2v) is 8.00. The van der Waals surface area contributed by atoms with Gasteiger partial charge in [-0.15, -0.1) is 0 Å². The van der Waals surface area contributed by atoms with Gasteiger partial charge < -0.3 is 37.0 Å². The molecule has 0 saturated heterocycles. The number of hydrogen-bond acceptors (Lipinski definition) is 7. The number of hydrogen-bond donors (Lipinski definition) is 7. The SMILES string of the molecule is CC(NC(=O)C(Cc1ccc(O)cc1)NC(=O)C(NC(=O)C(N)C(C)C)C(C)O)C(=O)O. The van der Waals surface area contributed by atoms with Gasteiger partial charge in [-0.1, -0.05) is 26.0 Å². The highest BCUT2D eigenvalue weighted by Crippen LogP contribution is 2.12. The summed E-state index contributed by atoms with van der Waals surface area (Å²) in [6.07, 6.45) is -1.33. The van der Waals surface area contributed by atoms with E-state index in [1.165, 1.54) is 38.1 Å². The first-order valence-corrected chi connectivity index (χ1v) is 10.2. The topological polar surface area (TPSA) is 191 Å². The molecule has 0 aliphatic heterocycles. The van der Waals surface area contributed by atoms with E-state index < -0.39 is 54.0 Å². The Morgan fingerprint density at radius 3 is 1.94 bits per heavy atom. The molecule has 0 aliphatic rings. The first kappa shape index (κ1) is 26.9. The predicted octanol–water partition coefficient (Wildman–Crippen LogP) is -1.14. The van der Waals surface area contributed by atoms with Crippen LogP contribution in [0.2, 0.25) is 0 Å². The Bertz CT molecular complexity index is 811. The number of carboxylic acids is 1. The summed E-state index contributed by atoms with van der Waals surface area (Å²) in [6, 6.07) is 1.16. The van der Waals surface area contributed by atoms with Crippen molar-refractivity contribution < 1.29 is 34.5 Å². The lowest BCUT2D eigenvalue weighted by Gasteiger charge is -2.26. The molecule has 32 heavy (non-hydrogen) atoms. The van der Waals surface area contributed by atoms with Gasteiger partial charge in [0.2, 0.25) is 17.7 Å². The first-order chi connectivity index (χ1) is 14.8. The highest BCUT2D eigenvalue weighted by Gasteiger charge is 2.32. The standard InChI is InChI=1S/C21H32N4O7/c1-10(2)16(22)19(29)25-17(12(4)26)20(30)24-15(18(28)23-11(3)21(31)32)9-13-5-7-14(27)8-6-13/h5-8,10-12,15-17,26-27H,9,22H2,1-4H3,(H,23,28)(H,24,30)(H,25,29)(H,31,32). The van der Waals surface area contributed by atoms with Gasteiger partial charge in [-0.25, -0.2) is 0 Å². The van der Waals surface area contributed by atoms with Gasteiger partial charge in [0.25, 0.3) is 0 Å². The van der Waals surface area contributed by atoms with Gasteiger partial charge in [-0.2, -0.15) is 0 Å². The fraction of sp³-hybridized carbons (Fsp3) is 0.524. The van der Waals surface area contributed by atoms with Gasteiger partial charge in [0.1, 0.15) is 23.9 Å². The van der Waals surface area contributed by atoms with Gasteiger partial charge in [-0.3, -0.25) is 19.2 Å². The van der Waals surface area contributed by atoms with Crippen molar-refractivity contribution in [3.8, 4) is 5.75 Å². The summed E-state index contributed by atoms with van der Waals surface area (Å²) in [5.41, 5.74) is 6.36. The quantitative estimate of drug-likeness (QED) is 0.219. The molecule has 3 amide bonds. The Hall–Kier alpha value is -3.18. The van der Waals surface area contributed by atoms with Gasteiger partial charge in [0, 0.05) is 6.42 Å². The zero-order chi connectivity index (χ0) is 24.6. The zero-order valence-corrected chi connectivity index (χ0v) is 18.5. The monoisotopic (exact) mass is 452 g/mol. The number of benzene rings is 1. The van der Waals surface area contributed by atoms with E-state index in [0.717, 1.165) is 0 Å². The second-order valence-electron chi connectivity index (χ2n) is 8.00. The third-order valence-electron chi connectivity index (χ3n) is 4.82. The number of aromatic hydroxyl groups is 1. The first-order valence-electron chi connectivity index (χ1n) is 10.2. The van der Waals surface area contributed by atoms with Crippen LogP contribution in [0.15, 0.2) is 24.3 Å².